The molecule has 0 aromatic rings. The molecule has 4 heteroatoms. The number of rotatable bonds is 0. The summed E-state index contributed by atoms with van der Waals surface area (Å²) < 4.78 is 16.9. The van der Waals surface area contributed by atoms with Crippen LogP contribution in [0, 0.1) is 11.8 Å². The Morgan fingerprint density at radius 2 is 1.93 bits per heavy atom. The standard InChI is InChI=1S/C10H16O4/c1-10(2)13-7-5-3-6(8(7)14-10)9(11)12-4-5/h5-9,11H,3-4H2,1-2H3. The Kier molecular flexibility index (Phi) is 1.75. The molecule has 2 aliphatic heterocycles. The van der Waals surface area contributed by atoms with Gasteiger partial charge in [0.25, 0.3) is 0 Å². The lowest BCUT2D eigenvalue weighted by Gasteiger charge is -2.29. The monoisotopic (exact) mass is 200 g/mol. The molecule has 4 nitrogen and oxygen atoms in total. The van der Waals surface area contributed by atoms with Crippen molar-refractivity contribution in [3.05, 3.63) is 0 Å². The Bertz CT molecular complexity index is 253. The fourth-order valence-corrected chi connectivity index (χ4v) is 2.92. The Balaban J connectivity index is 1.87. The third-order valence-corrected chi connectivity index (χ3v) is 3.47. The van der Waals surface area contributed by atoms with Gasteiger partial charge < -0.3 is 19.3 Å². The second kappa shape index (κ2) is 2.70. The quantitative estimate of drug-likeness (QED) is 0.618. The normalized spacial score (nSPS) is 54.6. The van der Waals surface area contributed by atoms with E-state index in [4.69, 9.17) is 14.2 Å². The van der Waals surface area contributed by atoms with Gasteiger partial charge in [-0.15, -0.1) is 0 Å². The molecule has 0 radical (unpaired) electrons. The summed E-state index contributed by atoms with van der Waals surface area (Å²) in [4.78, 5) is 0. The lowest BCUT2D eigenvalue weighted by Crippen LogP contribution is -2.35. The van der Waals surface area contributed by atoms with Crippen molar-refractivity contribution in [2.24, 2.45) is 11.8 Å². The first-order valence-corrected chi connectivity index (χ1v) is 5.22. The summed E-state index contributed by atoms with van der Waals surface area (Å²) in [7, 11) is 0. The van der Waals surface area contributed by atoms with E-state index in [2.05, 4.69) is 0 Å². The fourth-order valence-electron chi connectivity index (χ4n) is 2.92. The van der Waals surface area contributed by atoms with Crippen molar-refractivity contribution in [3.63, 3.8) is 0 Å². The lowest BCUT2D eigenvalue weighted by molar-refractivity contribution is -0.216. The molecule has 14 heavy (non-hydrogen) atoms. The summed E-state index contributed by atoms with van der Waals surface area (Å²) in [5, 5.41) is 9.66. The molecule has 0 aromatic heterocycles. The van der Waals surface area contributed by atoms with E-state index in [0.717, 1.165) is 6.42 Å². The Morgan fingerprint density at radius 3 is 2.71 bits per heavy atom. The van der Waals surface area contributed by atoms with E-state index in [1.54, 1.807) is 0 Å². The van der Waals surface area contributed by atoms with E-state index >= 15 is 0 Å². The average molecular weight is 200 g/mol. The molecule has 80 valence electrons. The Hall–Kier alpha value is -0.160. The van der Waals surface area contributed by atoms with Crippen molar-refractivity contribution in [2.45, 2.75) is 44.6 Å². The lowest BCUT2D eigenvalue weighted by atomic mass is 10.0. The summed E-state index contributed by atoms with van der Waals surface area (Å²) in [6, 6.07) is 0. The van der Waals surface area contributed by atoms with Gasteiger partial charge in [-0.25, -0.2) is 0 Å². The summed E-state index contributed by atoms with van der Waals surface area (Å²) in [5.41, 5.74) is 0. The van der Waals surface area contributed by atoms with Gasteiger partial charge in [-0.05, 0) is 20.3 Å². The summed E-state index contributed by atoms with van der Waals surface area (Å²) in [5.74, 6) is -0.000694. The minimum Gasteiger partial charge on any atom is -0.368 e. The number of fused-ring (bicyclic) bond motifs is 5. The van der Waals surface area contributed by atoms with Crippen LogP contribution in [-0.4, -0.2) is 36.0 Å². The molecular weight excluding hydrogens is 184 g/mol. The highest BCUT2D eigenvalue weighted by Gasteiger charge is 2.58. The predicted octanol–water partition coefficient (Wildman–Crippen LogP) is 0.491. The minimum atomic E-state index is -0.668. The van der Waals surface area contributed by atoms with Crippen molar-refractivity contribution < 1.29 is 19.3 Å². The highest BCUT2D eigenvalue weighted by atomic mass is 16.8. The molecule has 5 atom stereocenters. The zero-order valence-corrected chi connectivity index (χ0v) is 8.47. The second-order valence-electron chi connectivity index (χ2n) is 4.95. The Morgan fingerprint density at radius 1 is 1.21 bits per heavy atom. The highest BCUT2D eigenvalue weighted by molar-refractivity contribution is 5.00. The summed E-state index contributed by atoms with van der Waals surface area (Å²) >= 11 is 0. The van der Waals surface area contributed by atoms with Crippen LogP contribution in [0.1, 0.15) is 20.3 Å². The first-order chi connectivity index (χ1) is 6.57. The van der Waals surface area contributed by atoms with Crippen LogP contribution >= 0.6 is 0 Å². The summed E-state index contributed by atoms with van der Waals surface area (Å²) in [6.45, 7) is 4.45. The third kappa shape index (κ3) is 1.15. The smallest absolute Gasteiger partial charge is 0.163 e. The van der Waals surface area contributed by atoms with E-state index < -0.39 is 12.1 Å². The molecule has 3 rings (SSSR count). The van der Waals surface area contributed by atoms with Crippen molar-refractivity contribution in [2.75, 3.05) is 6.61 Å². The van der Waals surface area contributed by atoms with Crippen LogP contribution < -0.4 is 0 Å². The number of hydrogen-bond donors (Lipinski definition) is 1. The van der Waals surface area contributed by atoms with E-state index in [0.29, 0.717) is 12.5 Å². The maximum atomic E-state index is 9.66. The molecule has 2 heterocycles. The van der Waals surface area contributed by atoms with E-state index in [1.165, 1.54) is 0 Å². The van der Waals surface area contributed by atoms with E-state index in [-0.39, 0.29) is 18.1 Å². The van der Waals surface area contributed by atoms with Crippen molar-refractivity contribution in [1.29, 1.82) is 0 Å². The number of aliphatic hydroxyl groups excluding tert-OH is 1. The molecule has 5 unspecified atom stereocenters. The van der Waals surface area contributed by atoms with Gasteiger partial charge in [-0.3, -0.25) is 0 Å². The molecule has 1 aliphatic carbocycles. The van der Waals surface area contributed by atoms with Crippen LogP contribution in [0.3, 0.4) is 0 Å². The van der Waals surface area contributed by atoms with Gasteiger partial charge in [-0.1, -0.05) is 0 Å². The molecule has 2 saturated heterocycles. The third-order valence-electron chi connectivity index (χ3n) is 3.47. The van der Waals surface area contributed by atoms with Gasteiger partial charge in [0.05, 0.1) is 18.8 Å². The Labute approximate surface area is 83.1 Å². The molecular formula is C10H16O4. The van der Waals surface area contributed by atoms with E-state index in [1.807, 2.05) is 13.8 Å². The van der Waals surface area contributed by atoms with Crippen LogP contribution in [-0.2, 0) is 14.2 Å². The van der Waals surface area contributed by atoms with Gasteiger partial charge >= 0.3 is 0 Å². The van der Waals surface area contributed by atoms with Crippen LogP contribution in [0.25, 0.3) is 0 Å². The average Bonchev–Trinajstić information content (AvgIpc) is 2.53. The van der Waals surface area contributed by atoms with Crippen LogP contribution in [0.15, 0.2) is 0 Å². The van der Waals surface area contributed by atoms with Crippen molar-refractivity contribution >= 4 is 0 Å². The van der Waals surface area contributed by atoms with Crippen LogP contribution in [0.4, 0.5) is 0 Å². The number of aliphatic hydroxyl groups is 1. The molecule has 3 aliphatic rings. The molecule has 1 N–H and O–H groups in total. The first-order valence-electron chi connectivity index (χ1n) is 5.22. The fraction of sp³-hybridized carbons (Fsp3) is 1.00. The summed E-state index contributed by atoms with van der Waals surface area (Å²) in [6.07, 6.45) is 0.436. The molecule has 2 bridgehead atoms. The SMILES string of the molecule is CC1(C)OC2C3COC(O)C(C3)C2O1. The van der Waals surface area contributed by atoms with Crippen LogP contribution in [0.2, 0.25) is 0 Å². The predicted molar refractivity (Wildman–Crippen MR) is 47.4 cm³/mol. The van der Waals surface area contributed by atoms with Crippen LogP contribution in [0.5, 0.6) is 0 Å². The molecule has 1 saturated carbocycles. The molecule has 0 spiro atoms. The number of hydrogen-bond acceptors (Lipinski definition) is 4. The van der Waals surface area contributed by atoms with Gasteiger partial charge in [0, 0.05) is 11.8 Å². The highest BCUT2D eigenvalue weighted by Crippen LogP contribution is 2.48. The molecule has 0 amide bonds. The van der Waals surface area contributed by atoms with E-state index in [9.17, 15) is 5.11 Å². The maximum Gasteiger partial charge on any atom is 0.163 e. The maximum absolute atomic E-state index is 9.66. The van der Waals surface area contributed by atoms with Gasteiger partial charge in [0.15, 0.2) is 12.1 Å². The van der Waals surface area contributed by atoms with Gasteiger partial charge in [0.2, 0.25) is 0 Å². The molecule has 0 aromatic carbocycles. The zero-order valence-electron chi connectivity index (χ0n) is 8.47. The largest absolute Gasteiger partial charge is 0.368 e. The van der Waals surface area contributed by atoms with Crippen molar-refractivity contribution in [1.82, 2.24) is 0 Å². The van der Waals surface area contributed by atoms with Gasteiger partial charge in [0.1, 0.15) is 0 Å². The number of ether oxygens (including phenoxy) is 3. The topological polar surface area (TPSA) is 47.9 Å². The minimum absolute atomic E-state index is 0.0208. The zero-order chi connectivity index (χ0) is 9.92. The second-order valence-corrected chi connectivity index (χ2v) is 4.95. The van der Waals surface area contributed by atoms with Gasteiger partial charge in [-0.2, -0.15) is 0 Å². The first kappa shape index (κ1) is 9.09. The van der Waals surface area contributed by atoms with Crippen molar-refractivity contribution in [3.8, 4) is 0 Å². The molecule has 3 fully saturated rings.